The van der Waals surface area contributed by atoms with E-state index in [0.29, 0.717) is 0 Å². The molecule has 8 heteroatoms. The van der Waals surface area contributed by atoms with E-state index in [1.807, 2.05) is 0 Å². The van der Waals surface area contributed by atoms with Crippen molar-refractivity contribution in [2.45, 2.75) is 11.3 Å². The van der Waals surface area contributed by atoms with Crippen molar-refractivity contribution < 1.29 is 17.2 Å². The van der Waals surface area contributed by atoms with E-state index in [9.17, 15) is 17.2 Å². The zero-order chi connectivity index (χ0) is 14.0. The molecule has 1 fully saturated rings. The molecule has 19 heavy (non-hydrogen) atoms. The summed E-state index contributed by atoms with van der Waals surface area (Å²) < 4.78 is 53.2. The second-order valence-electron chi connectivity index (χ2n) is 4.40. The fraction of sp³-hybridized carbons (Fsp3) is 0.455. The molecule has 1 atom stereocenters. The van der Waals surface area contributed by atoms with Crippen molar-refractivity contribution >= 4 is 27.5 Å². The Hall–Kier alpha value is -0.860. The molecule has 4 nitrogen and oxygen atoms in total. The first-order valence-corrected chi connectivity index (χ1v) is 8.36. The Labute approximate surface area is 114 Å². The van der Waals surface area contributed by atoms with Gasteiger partial charge in [0.2, 0.25) is 10.0 Å². The van der Waals surface area contributed by atoms with E-state index in [4.69, 9.17) is 5.73 Å². The number of hydrogen-bond donors (Lipinski definition) is 2. The Morgan fingerprint density at radius 3 is 2.53 bits per heavy atom. The average Bonchev–Trinajstić information content (AvgIpc) is 2.77. The van der Waals surface area contributed by atoms with Gasteiger partial charge in [0, 0.05) is 12.2 Å². The van der Waals surface area contributed by atoms with E-state index in [0.717, 1.165) is 30.1 Å². The quantitative estimate of drug-likeness (QED) is 0.828. The summed E-state index contributed by atoms with van der Waals surface area (Å²) in [5.41, 5.74) is 5.10. The molecule has 3 N–H and O–H groups in total. The predicted molar refractivity (Wildman–Crippen MR) is 71.4 cm³/mol. The van der Waals surface area contributed by atoms with Crippen LogP contribution in [0.1, 0.15) is 6.42 Å². The van der Waals surface area contributed by atoms with Crippen LogP contribution in [0.3, 0.4) is 0 Å². The van der Waals surface area contributed by atoms with Crippen LogP contribution in [0, 0.1) is 17.6 Å². The summed E-state index contributed by atoms with van der Waals surface area (Å²) in [7, 11) is -4.19. The second kappa shape index (κ2) is 5.64. The van der Waals surface area contributed by atoms with Gasteiger partial charge in [-0.2, -0.15) is 11.8 Å². The van der Waals surface area contributed by atoms with E-state index < -0.39 is 26.6 Å². The minimum absolute atomic E-state index is 0.152. The lowest BCUT2D eigenvalue weighted by molar-refractivity contribution is 0.506. The first kappa shape index (κ1) is 14.5. The predicted octanol–water partition coefficient (Wildman–Crippen LogP) is 1.58. The summed E-state index contributed by atoms with van der Waals surface area (Å²) in [6.45, 7) is 0.193. The molecule has 1 aliphatic rings. The smallest absolute Gasteiger partial charge is 0.246 e. The molecule has 1 heterocycles. The molecular weight excluding hydrogens is 294 g/mol. The number of hydrogen-bond acceptors (Lipinski definition) is 4. The van der Waals surface area contributed by atoms with Gasteiger partial charge in [0.1, 0.15) is 11.6 Å². The summed E-state index contributed by atoms with van der Waals surface area (Å²) in [5, 5.41) is 0. The van der Waals surface area contributed by atoms with Gasteiger partial charge in [-0.25, -0.2) is 21.9 Å². The summed E-state index contributed by atoms with van der Waals surface area (Å²) in [6, 6.07) is 1.59. The summed E-state index contributed by atoms with van der Waals surface area (Å²) in [6.07, 6.45) is 0.903. The molecule has 0 amide bonds. The van der Waals surface area contributed by atoms with Crippen molar-refractivity contribution in [3.8, 4) is 0 Å². The maximum absolute atomic E-state index is 13.6. The van der Waals surface area contributed by atoms with Crippen LogP contribution in [0.25, 0.3) is 0 Å². The number of benzene rings is 1. The number of nitrogen functional groups attached to an aromatic ring is 1. The molecular formula is C11H14F2N2O2S2. The summed E-state index contributed by atoms with van der Waals surface area (Å²) in [4.78, 5) is -0.965. The lowest BCUT2D eigenvalue weighted by Gasteiger charge is -2.12. The van der Waals surface area contributed by atoms with Crippen LogP contribution >= 0.6 is 11.8 Å². The number of anilines is 1. The molecule has 1 unspecified atom stereocenters. The average molecular weight is 308 g/mol. The van der Waals surface area contributed by atoms with Crippen LogP contribution in [0.15, 0.2) is 17.0 Å². The first-order valence-electron chi connectivity index (χ1n) is 5.72. The van der Waals surface area contributed by atoms with Crippen molar-refractivity contribution in [3.63, 3.8) is 0 Å². The molecule has 0 spiro atoms. The molecule has 0 aliphatic carbocycles. The Morgan fingerprint density at radius 1 is 1.37 bits per heavy atom. The normalized spacial score (nSPS) is 19.8. The lowest BCUT2D eigenvalue weighted by Crippen LogP contribution is -2.30. The van der Waals surface area contributed by atoms with E-state index in [2.05, 4.69) is 4.72 Å². The van der Waals surface area contributed by atoms with Gasteiger partial charge in [-0.05, 0) is 36.0 Å². The highest BCUT2D eigenvalue weighted by atomic mass is 32.2. The summed E-state index contributed by atoms with van der Waals surface area (Å²) in [5.74, 6) is -0.303. The summed E-state index contributed by atoms with van der Waals surface area (Å²) >= 11 is 1.74. The number of rotatable bonds is 4. The van der Waals surface area contributed by atoms with Crippen LogP contribution in [-0.4, -0.2) is 26.5 Å². The Balaban J connectivity index is 2.19. The molecule has 0 saturated carbocycles. The maximum atomic E-state index is 13.6. The van der Waals surface area contributed by atoms with Gasteiger partial charge in [0.05, 0.1) is 0 Å². The van der Waals surface area contributed by atoms with Gasteiger partial charge in [0.25, 0.3) is 0 Å². The molecule has 1 aromatic carbocycles. The highest BCUT2D eigenvalue weighted by molar-refractivity contribution is 7.99. The minimum Gasteiger partial charge on any atom is -0.399 e. The van der Waals surface area contributed by atoms with Crippen LogP contribution in [-0.2, 0) is 10.0 Å². The zero-order valence-corrected chi connectivity index (χ0v) is 11.7. The molecule has 1 aromatic rings. The van der Waals surface area contributed by atoms with Crippen molar-refractivity contribution in [1.82, 2.24) is 4.72 Å². The van der Waals surface area contributed by atoms with Gasteiger partial charge >= 0.3 is 0 Å². The Bertz CT molecular complexity index is 549. The standard InChI is InChI=1S/C11H14F2N2O2S2/c12-9-3-8(14)4-10(13)11(9)19(16,17)15-5-7-1-2-18-6-7/h3-4,7,15H,1-2,5-6,14H2. The molecule has 1 aliphatic heterocycles. The number of nitrogens with one attached hydrogen (secondary N) is 1. The van der Waals surface area contributed by atoms with E-state index in [-0.39, 0.29) is 18.2 Å². The fourth-order valence-corrected chi connectivity index (χ4v) is 4.40. The molecule has 0 aromatic heterocycles. The monoisotopic (exact) mass is 308 g/mol. The maximum Gasteiger partial charge on any atom is 0.246 e. The van der Waals surface area contributed by atoms with Gasteiger partial charge in [0.15, 0.2) is 4.90 Å². The third-order valence-corrected chi connectivity index (χ3v) is 5.58. The van der Waals surface area contributed by atoms with Crippen LogP contribution in [0.5, 0.6) is 0 Å². The molecule has 0 radical (unpaired) electrons. The first-order chi connectivity index (χ1) is 8.90. The van der Waals surface area contributed by atoms with Crippen LogP contribution in [0.4, 0.5) is 14.5 Å². The van der Waals surface area contributed by atoms with Crippen molar-refractivity contribution in [3.05, 3.63) is 23.8 Å². The van der Waals surface area contributed by atoms with Crippen molar-refractivity contribution in [1.29, 1.82) is 0 Å². The Kier molecular flexibility index (Phi) is 4.32. The largest absolute Gasteiger partial charge is 0.399 e. The number of halogens is 2. The molecule has 2 rings (SSSR count). The highest BCUT2D eigenvalue weighted by Gasteiger charge is 2.26. The van der Waals surface area contributed by atoms with E-state index in [1.165, 1.54) is 0 Å². The highest BCUT2D eigenvalue weighted by Crippen LogP contribution is 2.24. The number of sulfonamides is 1. The van der Waals surface area contributed by atoms with Gasteiger partial charge < -0.3 is 5.73 Å². The van der Waals surface area contributed by atoms with Gasteiger partial charge in [-0.3, -0.25) is 0 Å². The van der Waals surface area contributed by atoms with E-state index >= 15 is 0 Å². The molecule has 1 saturated heterocycles. The Morgan fingerprint density at radius 2 is 2.00 bits per heavy atom. The van der Waals surface area contributed by atoms with Crippen molar-refractivity contribution in [2.24, 2.45) is 5.92 Å². The topological polar surface area (TPSA) is 72.2 Å². The fourth-order valence-electron chi connectivity index (χ4n) is 1.88. The van der Waals surface area contributed by atoms with Gasteiger partial charge in [-0.15, -0.1) is 0 Å². The van der Waals surface area contributed by atoms with Crippen LogP contribution in [0.2, 0.25) is 0 Å². The van der Waals surface area contributed by atoms with Crippen molar-refractivity contribution in [2.75, 3.05) is 23.8 Å². The lowest BCUT2D eigenvalue weighted by atomic mass is 10.1. The number of thioether (sulfide) groups is 1. The molecule has 106 valence electrons. The number of nitrogens with two attached hydrogens (primary N) is 1. The second-order valence-corrected chi connectivity index (χ2v) is 7.25. The van der Waals surface area contributed by atoms with Crippen LogP contribution < -0.4 is 10.5 Å². The third kappa shape index (κ3) is 3.37. The van der Waals surface area contributed by atoms with Gasteiger partial charge in [-0.1, -0.05) is 0 Å². The van der Waals surface area contributed by atoms with E-state index in [1.54, 1.807) is 11.8 Å². The molecule has 0 bridgehead atoms. The SMILES string of the molecule is Nc1cc(F)c(S(=O)(=O)NCC2CCSC2)c(F)c1. The zero-order valence-electron chi connectivity index (χ0n) is 10.0. The minimum atomic E-state index is -4.19. The third-order valence-electron chi connectivity index (χ3n) is 2.88.